The van der Waals surface area contributed by atoms with Crippen LogP contribution in [0.4, 0.5) is 4.79 Å². The summed E-state index contributed by atoms with van der Waals surface area (Å²) >= 11 is 0. The number of nitrogens with one attached hydrogen (secondary N) is 1. The Bertz CT molecular complexity index is 1150. The number of aromatic amines is 1. The van der Waals surface area contributed by atoms with Gasteiger partial charge in [-0.05, 0) is 54.2 Å². The fourth-order valence-electron chi connectivity index (χ4n) is 6.53. The topological polar surface area (TPSA) is 45.3 Å². The van der Waals surface area contributed by atoms with Crippen LogP contribution in [-0.4, -0.2) is 28.6 Å². The van der Waals surface area contributed by atoms with Crippen molar-refractivity contribution in [1.82, 2.24) is 9.88 Å². The zero-order valence-electron chi connectivity index (χ0n) is 21.0. The number of hydrogen-bond acceptors (Lipinski definition) is 2. The highest BCUT2D eigenvalue weighted by atomic mass is 16.6. The molecule has 3 unspecified atom stereocenters. The Morgan fingerprint density at radius 3 is 2.59 bits per heavy atom. The predicted molar refractivity (Wildman–Crippen MR) is 138 cm³/mol. The van der Waals surface area contributed by atoms with Crippen molar-refractivity contribution < 1.29 is 9.53 Å². The summed E-state index contributed by atoms with van der Waals surface area (Å²) in [5.74, 6) is 0.882. The average molecular weight is 459 g/mol. The molecule has 3 aromatic rings. The van der Waals surface area contributed by atoms with Crippen LogP contribution in [0.25, 0.3) is 10.9 Å². The molecule has 1 fully saturated rings. The molecular weight excluding hydrogens is 420 g/mol. The van der Waals surface area contributed by atoms with Gasteiger partial charge in [-0.15, -0.1) is 0 Å². The van der Waals surface area contributed by atoms with Gasteiger partial charge in [0.05, 0.1) is 6.04 Å². The van der Waals surface area contributed by atoms with Crippen molar-refractivity contribution in [3.8, 4) is 0 Å². The van der Waals surface area contributed by atoms with E-state index in [2.05, 4.69) is 87.3 Å². The minimum atomic E-state index is -0.149. The highest BCUT2D eigenvalue weighted by Gasteiger charge is 2.43. The summed E-state index contributed by atoms with van der Waals surface area (Å²) in [7, 11) is 0. The van der Waals surface area contributed by atoms with Crippen molar-refractivity contribution in [1.29, 1.82) is 0 Å². The maximum atomic E-state index is 13.7. The molecule has 180 valence electrons. The maximum Gasteiger partial charge on any atom is 0.410 e. The van der Waals surface area contributed by atoms with Crippen molar-refractivity contribution in [2.75, 3.05) is 6.54 Å². The number of amides is 1. The number of carbonyl (C=O) groups excluding carboxylic acids is 1. The highest BCUT2D eigenvalue weighted by molar-refractivity contribution is 5.85. The summed E-state index contributed by atoms with van der Waals surface area (Å²) in [6.07, 6.45) is 4.74. The number of aromatic nitrogens is 1. The van der Waals surface area contributed by atoms with Gasteiger partial charge in [-0.2, -0.15) is 0 Å². The van der Waals surface area contributed by atoms with Crippen LogP contribution in [-0.2, 0) is 16.6 Å². The largest absolute Gasteiger partial charge is 0.446 e. The van der Waals surface area contributed by atoms with Crippen LogP contribution in [0.5, 0.6) is 0 Å². The quantitative estimate of drug-likeness (QED) is 0.443. The fourth-order valence-corrected chi connectivity index (χ4v) is 6.53. The maximum absolute atomic E-state index is 13.7. The Morgan fingerprint density at radius 1 is 1.09 bits per heavy atom. The van der Waals surface area contributed by atoms with Crippen molar-refractivity contribution in [3.63, 3.8) is 0 Å². The lowest BCUT2D eigenvalue weighted by atomic mass is 9.64. The summed E-state index contributed by atoms with van der Waals surface area (Å²) in [4.78, 5) is 19.3. The molecule has 0 saturated heterocycles. The molecule has 2 aliphatic rings. The number of H-pyrrole nitrogens is 1. The van der Waals surface area contributed by atoms with Gasteiger partial charge in [0, 0.05) is 29.1 Å². The Hall–Kier alpha value is -2.75. The molecule has 2 heterocycles. The third-order valence-electron chi connectivity index (χ3n) is 8.53. The van der Waals surface area contributed by atoms with Gasteiger partial charge >= 0.3 is 6.09 Å². The molecule has 4 heteroatoms. The molecule has 4 nitrogen and oxygen atoms in total. The fraction of sp³-hybridized carbons (Fsp3) is 0.500. The molecule has 1 aliphatic carbocycles. The summed E-state index contributed by atoms with van der Waals surface area (Å²) in [5, 5.41) is 1.29. The third-order valence-corrected chi connectivity index (χ3v) is 8.53. The van der Waals surface area contributed by atoms with Crippen LogP contribution in [0.1, 0.15) is 76.2 Å². The van der Waals surface area contributed by atoms with Crippen molar-refractivity contribution in [2.24, 2.45) is 11.8 Å². The predicted octanol–water partition coefficient (Wildman–Crippen LogP) is 7.40. The summed E-state index contributed by atoms with van der Waals surface area (Å²) in [6.45, 7) is 9.79. The standard InChI is InChI=1S/C30H38N2O2/c1-5-26-28-23(22-13-9-10-14-25(22)31-28)17-18-32(26)29(33)34-27-19-20(2)15-16-24(27)30(3,4)21-11-7-6-8-12-21/h6-14,20,24,26-27,31H,5,15-19H2,1-4H3/t20?,24?,26-,27?/m1/s1. The molecule has 1 aliphatic heterocycles. The van der Waals surface area contributed by atoms with Crippen molar-refractivity contribution in [2.45, 2.75) is 77.4 Å². The van der Waals surface area contributed by atoms with Crippen molar-refractivity contribution >= 4 is 17.0 Å². The van der Waals surface area contributed by atoms with E-state index >= 15 is 0 Å². The summed E-state index contributed by atoms with van der Waals surface area (Å²) < 4.78 is 6.42. The van der Waals surface area contributed by atoms with Crippen LogP contribution in [0, 0.1) is 11.8 Å². The van der Waals surface area contributed by atoms with Crippen molar-refractivity contribution in [3.05, 3.63) is 71.4 Å². The first-order valence-corrected chi connectivity index (χ1v) is 13.0. The number of benzene rings is 2. The van der Waals surface area contributed by atoms with Crippen LogP contribution in [0.15, 0.2) is 54.6 Å². The average Bonchev–Trinajstić information content (AvgIpc) is 3.22. The van der Waals surface area contributed by atoms with Gasteiger partial charge < -0.3 is 9.72 Å². The number of nitrogens with zero attached hydrogens (tertiary/aromatic N) is 1. The van der Waals surface area contributed by atoms with E-state index in [-0.39, 0.29) is 23.7 Å². The van der Waals surface area contributed by atoms with Crippen LogP contribution in [0.3, 0.4) is 0 Å². The first kappa shape index (κ1) is 23.0. The van der Waals surface area contributed by atoms with Crippen LogP contribution in [0.2, 0.25) is 0 Å². The second kappa shape index (κ2) is 9.13. The van der Waals surface area contributed by atoms with Gasteiger partial charge in [-0.3, -0.25) is 4.90 Å². The van der Waals surface area contributed by atoms with E-state index in [1.165, 1.54) is 28.6 Å². The number of ether oxygens (including phenoxy) is 1. The lowest BCUT2D eigenvalue weighted by molar-refractivity contribution is -0.0242. The van der Waals surface area contributed by atoms with E-state index in [9.17, 15) is 4.79 Å². The zero-order valence-corrected chi connectivity index (χ0v) is 21.0. The zero-order chi connectivity index (χ0) is 23.9. The molecule has 5 rings (SSSR count). The summed E-state index contributed by atoms with van der Waals surface area (Å²) in [6, 6.07) is 19.2. The van der Waals surface area contributed by atoms with Crippen LogP contribution < -0.4 is 0 Å². The Kier molecular flexibility index (Phi) is 6.18. The van der Waals surface area contributed by atoms with E-state index in [0.29, 0.717) is 18.4 Å². The molecule has 1 N–H and O–H groups in total. The van der Waals surface area contributed by atoms with Gasteiger partial charge in [0.1, 0.15) is 6.10 Å². The second-order valence-electron chi connectivity index (χ2n) is 11.0. The Balaban J connectivity index is 1.39. The number of para-hydroxylation sites is 1. The first-order valence-electron chi connectivity index (χ1n) is 13.0. The molecule has 0 spiro atoms. The molecule has 0 radical (unpaired) electrons. The Labute approximate surface area is 203 Å². The van der Waals surface area contributed by atoms with Crippen LogP contribution >= 0.6 is 0 Å². The van der Waals surface area contributed by atoms with Gasteiger partial charge in [0.15, 0.2) is 0 Å². The smallest absolute Gasteiger partial charge is 0.410 e. The normalized spacial score (nSPS) is 25.2. The number of hydrogen-bond donors (Lipinski definition) is 1. The molecule has 1 amide bonds. The number of fused-ring (bicyclic) bond motifs is 3. The molecule has 1 aromatic heterocycles. The third kappa shape index (κ3) is 4.01. The molecular formula is C30H38N2O2. The molecule has 4 atom stereocenters. The minimum absolute atomic E-state index is 0.0326. The molecule has 1 saturated carbocycles. The van der Waals surface area contributed by atoms with E-state index in [1.54, 1.807) is 0 Å². The number of carbonyl (C=O) groups is 1. The highest BCUT2D eigenvalue weighted by Crippen LogP contribution is 2.44. The minimum Gasteiger partial charge on any atom is -0.446 e. The molecule has 34 heavy (non-hydrogen) atoms. The van der Waals surface area contributed by atoms with E-state index in [4.69, 9.17) is 4.74 Å². The Morgan fingerprint density at radius 2 is 1.82 bits per heavy atom. The van der Waals surface area contributed by atoms with E-state index in [0.717, 1.165) is 31.2 Å². The van der Waals surface area contributed by atoms with E-state index < -0.39 is 0 Å². The lowest BCUT2D eigenvalue weighted by Gasteiger charge is -2.45. The number of rotatable bonds is 4. The van der Waals surface area contributed by atoms with Gasteiger partial charge in [-0.1, -0.05) is 82.6 Å². The van der Waals surface area contributed by atoms with Gasteiger partial charge in [0.2, 0.25) is 0 Å². The van der Waals surface area contributed by atoms with Gasteiger partial charge in [-0.25, -0.2) is 4.79 Å². The molecule has 0 bridgehead atoms. The molecule has 2 aromatic carbocycles. The second-order valence-corrected chi connectivity index (χ2v) is 11.0. The summed E-state index contributed by atoms with van der Waals surface area (Å²) in [5.41, 5.74) is 4.98. The van der Waals surface area contributed by atoms with E-state index in [1.807, 2.05) is 4.90 Å². The van der Waals surface area contributed by atoms with Gasteiger partial charge in [0.25, 0.3) is 0 Å². The first-order chi connectivity index (χ1) is 16.4. The lowest BCUT2D eigenvalue weighted by Crippen LogP contribution is -2.47. The monoisotopic (exact) mass is 458 g/mol. The SMILES string of the molecule is CC[C@@H]1c2[nH]c3ccccc3c2CCN1C(=O)OC1CC(C)CCC1C(C)(C)c1ccccc1.